The Kier molecular flexibility index (Phi) is 10.5. The lowest BCUT2D eigenvalue weighted by atomic mass is 9.86. The van der Waals surface area contributed by atoms with Crippen molar-refractivity contribution in [2.75, 3.05) is 24.7 Å². The number of benzene rings is 4. The summed E-state index contributed by atoms with van der Waals surface area (Å²) in [6.07, 6.45) is 0.350. The normalized spacial score (nSPS) is 12.4. The van der Waals surface area contributed by atoms with Gasteiger partial charge in [-0.25, -0.2) is 0 Å². The summed E-state index contributed by atoms with van der Waals surface area (Å²) in [6, 6.07) is 35.2. The highest BCUT2D eigenvalue weighted by molar-refractivity contribution is 7.86. The van der Waals surface area contributed by atoms with E-state index in [1.165, 1.54) is 0 Å². The summed E-state index contributed by atoms with van der Waals surface area (Å²) in [5, 5.41) is 0. The van der Waals surface area contributed by atoms with Gasteiger partial charge >= 0.3 is 0 Å². The molecule has 0 heterocycles. The van der Waals surface area contributed by atoms with E-state index in [4.69, 9.17) is 18.6 Å². The molecule has 8 nitrogen and oxygen atoms in total. The zero-order chi connectivity index (χ0) is 30.0. The van der Waals surface area contributed by atoms with Crippen molar-refractivity contribution in [3.63, 3.8) is 0 Å². The first-order valence-corrected chi connectivity index (χ1v) is 16.5. The minimum atomic E-state index is -4.03. The Morgan fingerprint density at radius 3 is 1.10 bits per heavy atom. The van der Waals surface area contributed by atoms with Crippen molar-refractivity contribution in [2.24, 2.45) is 0 Å². The third-order valence-electron chi connectivity index (χ3n) is 6.29. The van der Waals surface area contributed by atoms with Crippen molar-refractivity contribution in [3.8, 4) is 11.5 Å². The average molecular weight is 609 g/mol. The molecule has 0 radical (unpaired) electrons. The van der Waals surface area contributed by atoms with Crippen LogP contribution in [0, 0.1) is 0 Å². The predicted molar refractivity (Wildman–Crippen MR) is 164 cm³/mol. The van der Waals surface area contributed by atoms with E-state index < -0.39 is 20.2 Å². The van der Waals surface area contributed by atoms with E-state index in [1.807, 2.05) is 109 Å². The molecule has 0 aliphatic rings. The first kappa shape index (κ1) is 31.0. The minimum absolute atomic E-state index is 0.153. The highest BCUT2D eigenvalue weighted by atomic mass is 32.2. The van der Waals surface area contributed by atoms with Crippen molar-refractivity contribution < 1.29 is 35.4 Å². The fourth-order valence-corrected chi connectivity index (χ4v) is 5.38. The number of rotatable bonds is 14. The van der Waals surface area contributed by atoms with Crippen LogP contribution in [0.3, 0.4) is 0 Å². The predicted octanol–water partition coefficient (Wildman–Crippen LogP) is 6.01. The highest BCUT2D eigenvalue weighted by Gasteiger charge is 2.17. The summed E-state index contributed by atoms with van der Waals surface area (Å²) in [5.74, 6) is 0.443. The molecule has 0 aliphatic carbocycles. The van der Waals surface area contributed by atoms with Crippen LogP contribution in [0.5, 0.6) is 11.5 Å². The molecule has 0 amide bonds. The molecule has 0 unspecified atom stereocenters. The van der Waals surface area contributed by atoms with Crippen molar-refractivity contribution in [3.05, 3.63) is 131 Å². The van der Waals surface area contributed by atoms with Gasteiger partial charge in [-0.1, -0.05) is 84.9 Å². The standard InChI is InChI=1S/C32H32O8S2/c33-41(34,35)23-7-21-39-29-17-13-27(14-18-29)31(25-9-3-1-4-10-25)32(26-11-5-2-6-12-26)28-15-19-30(20-16-28)40-22-8-24-42(36,37)38/h1-6,9-20H,7-8,21-24H2,(H,33,34,35)(H,36,37,38)/b32-31-. The largest absolute Gasteiger partial charge is 0.494 e. The monoisotopic (exact) mass is 608 g/mol. The maximum atomic E-state index is 11.0. The fraction of sp³-hybridized carbons (Fsp3) is 0.188. The van der Waals surface area contributed by atoms with Crippen molar-refractivity contribution in [1.82, 2.24) is 0 Å². The van der Waals surface area contributed by atoms with Gasteiger partial charge < -0.3 is 9.47 Å². The molecule has 0 spiro atoms. The second-order valence-electron chi connectivity index (χ2n) is 9.51. The Balaban J connectivity index is 1.69. The van der Waals surface area contributed by atoms with Gasteiger partial charge in [0, 0.05) is 0 Å². The highest BCUT2D eigenvalue weighted by Crippen LogP contribution is 2.37. The summed E-state index contributed by atoms with van der Waals surface area (Å²) in [4.78, 5) is 0. The molecular weight excluding hydrogens is 576 g/mol. The Morgan fingerprint density at radius 2 is 0.786 bits per heavy atom. The lowest BCUT2D eigenvalue weighted by Gasteiger charge is -2.19. The Labute approximate surface area is 246 Å². The van der Waals surface area contributed by atoms with Crippen LogP contribution in [0.25, 0.3) is 11.1 Å². The summed E-state index contributed by atoms with van der Waals surface area (Å²) in [6.45, 7) is 0.306. The second kappa shape index (κ2) is 14.3. The fourth-order valence-electron chi connectivity index (χ4n) is 4.42. The molecule has 4 aromatic carbocycles. The molecule has 0 atom stereocenters. The van der Waals surface area contributed by atoms with E-state index in [0.717, 1.165) is 33.4 Å². The molecule has 220 valence electrons. The quantitative estimate of drug-likeness (QED) is 0.101. The van der Waals surface area contributed by atoms with Gasteiger partial charge in [0.25, 0.3) is 20.2 Å². The Hall–Kier alpha value is -3.96. The zero-order valence-corrected chi connectivity index (χ0v) is 24.4. The van der Waals surface area contributed by atoms with E-state index in [1.54, 1.807) is 0 Å². The van der Waals surface area contributed by atoms with Crippen LogP contribution >= 0.6 is 0 Å². The van der Waals surface area contributed by atoms with Crippen molar-refractivity contribution in [1.29, 1.82) is 0 Å². The van der Waals surface area contributed by atoms with Crippen LogP contribution in [-0.4, -0.2) is 50.7 Å². The lowest BCUT2D eigenvalue weighted by molar-refractivity contribution is 0.316. The first-order chi connectivity index (χ1) is 20.1. The summed E-state index contributed by atoms with van der Waals surface area (Å²) in [5.41, 5.74) is 5.86. The van der Waals surface area contributed by atoms with Gasteiger partial charge in [-0.15, -0.1) is 0 Å². The van der Waals surface area contributed by atoms with Gasteiger partial charge in [-0.3, -0.25) is 9.11 Å². The van der Waals surface area contributed by atoms with E-state index in [0.29, 0.717) is 11.5 Å². The second-order valence-corrected chi connectivity index (χ2v) is 12.7. The molecule has 0 aliphatic heterocycles. The summed E-state index contributed by atoms with van der Waals surface area (Å²) >= 11 is 0. The van der Waals surface area contributed by atoms with Gasteiger partial charge in [-0.05, 0) is 70.5 Å². The molecule has 0 saturated heterocycles. The Bertz CT molecular complexity index is 1550. The van der Waals surface area contributed by atoms with Crippen LogP contribution in [0.15, 0.2) is 109 Å². The van der Waals surface area contributed by atoms with E-state index >= 15 is 0 Å². The number of hydrogen-bond donors (Lipinski definition) is 2. The van der Waals surface area contributed by atoms with Crippen molar-refractivity contribution >= 4 is 31.4 Å². The molecule has 0 aromatic heterocycles. The van der Waals surface area contributed by atoms with Crippen LogP contribution in [0.2, 0.25) is 0 Å². The number of ether oxygens (including phenoxy) is 2. The minimum Gasteiger partial charge on any atom is -0.494 e. The van der Waals surface area contributed by atoms with E-state index in [-0.39, 0.29) is 37.6 Å². The number of hydrogen-bond acceptors (Lipinski definition) is 6. The van der Waals surface area contributed by atoms with Gasteiger partial charge in [-0.2, -0.15) is 16.8 Å². The smallest absolute Gasteiger partial charge is 0.264 e. The van der Waals surface area contributed by atoms with Crippen LogP contribution in [-0.2, 0) is 20.2 Å². The van der Waals surface area contributed by atoms with Gasteiger partial charge in [0.15, 0.2) is 0 Å². The van der Waals surface area contributed by atoms with Gasteiger partial charge in [0.2, 0.25) is 0 Å². The molecule has 4 rings (SSSR count). The van der Waals surface area contributed by atoms with Crippen LogP contribution in [0.4, 0.5) is 0 Å². The molecule has 0 bridgehead atoms. The SMILES string of the molecule is O=S(=O)(O)CCCOc1ccc(/C(=C(/c2ccccc2)c2ccc(OCCCS(=O)(=O)O)cc2)c2ccccc2)cc1. The molecule has 2 N–H and O–H groups in total. The molecular formula is C32H32O8S2. The maximum absolute atomic E-state index is 11.0. The zero-order valence-electron chi connectivity index (χ0n) is 22.8. The topological polar surface area (TPSA) is 127 Å². The average Bonchev–Trinajstić information content (AvgIpc) is 2.97. The van der Waals surface area contributed by atoms with Crippen LogP contribution in [0.1, 0.15) is 35.1 Å². The first-order valence-electron chi connectivity index (χ1n) is 13.3. The maximum Gasteiger partial charge on any atom is 0.264 e. The van der Waals surface area contributed by atoms with Crippen LogP contribution < -0.4 is 9.47 Å². The van der Waals surface area contributed by atoms with Crippen molar-refractivity contribution in [2.45, 2.75) is 12.8 Å². The van der Waals surface area contributed by atoms with Gasteiger partial charge in [0.1, 0.15) is 11.5 Å². The summed E-state index contributed by atoms with van der Waals surface area (Å²) < 4.78 is 73.1. The third-order valence-corrected chi connectivity index (χ3v) is 7.90. The van der Waals surface area contributed by atoms with E-state index in [2.05, 4.69) is 0 Å². The molecule has 42 heavy (non-hydrogen) atoms. The summed E-state index contributed by atoms with van der Waals surface area (Å²) in [7, 11) is -8.06. The molecule has 10 heteroatoms. The third kappa shape index (κ3) is 9.56. The Morgan fingerprint density at radius 1 is 0.476 bits per heavy atom. The molecule has 0 fully saturated rings. The van der Waals surface area contributed by atoms with Gasteiger partial charge in [0.05, 0.1) is 24.7 Å². The van der Waals surface area contributed by atoms with E-state index in [9.17, 15) is 16.8 Å². The molecule has 0 saturated carbocycles. The lowest BCUT2D eigenvalue weighted by Crippen LogP contribution is -2.08. The molecule has 4 aromatic rings.